The Morgan fingerprint density at radius 1 is 1.29 bits per heavy atom. The zero-order valence-electron chi connectivity index (χ0n) is 8.45. The van der Waals surface area contributed by atoms with E-state index in [4.69, 9.17) is 9.47 Å². The molecular formula is C11H14O3. The summed E-state index contributed by atoms with van der Waals surface area (Å²) in [6.07, 6.45) is 0. The molecule has 0 heterocycles. The SMILES string of the molecule is CCOCC(=O)c1ccc(OC)cc1. The quantitative estimate of drug-likeness (QED) is 0.672. The van der Waals surface area contributed by atoms with Gasteiger partial charge in [0.05, 0.1) is 7.11 Å². The van der Waals surface area contributed by atoms with Crippen molar-refractivity contribution in [3.8, 4) is 5.75 Å². The largest absolute Gasteiger partial charge is 0.497 e. The molecule has 0 fully saturated rings. The molecule has 1 aromatic carbocycles. The first-order valence-electron chi connectivity index (χ1n) is 4.53. The molecular weight excluding hydrogens is 180 g/mol. The van der Waals surface area contributed by atoms with Gasteiger partial charge in [0.2, 0.25) is 0 Å². The highest BCUT2D eigenvalue weighted by Gasteiger charge is 2.04. The van der Waals surface area contributed by atoms with Crippen LogP contribution in [0, 0.1) is 0 Å². The Balaban J connectivity index is 2.62. The Morgan fingerprint density at radius 2 is 1.93 bits per heavy atom. The van der Waals surface area contributed by atoms with Crippen LogP contribution in [-0.4, -0.2) is 26.1 Å². The molecule has 3 heteroatoms. The first-order valence-corrected chi connectivity index (χ1v) is 4.53. The summed E-state index contributed by atoms with van der Waals surface area (Å²) >= 11 is 0. The fourth-order valence-corrected chi connectivity index (χ4v) is 1.06. The predicted octanol–water partition coefficient (Wildman–Crippen LogP) is 1.91. The lowest BCUT2D eigenvalue weighted by Gasteiger charge is -2.02. The molecule has 0 saturated heterocycles. The first kappa shape index (κ1) is 10.7. The second kappa shape index (κ2) is 5.40. The molecule has 0 aliphatic carbocycles. The maximum atomic E-state index is 11.4. The van der Waals surface area contributed by atoms with Crippen LogP contribution in [0.2, 0.25) is 0 Å². The van der Waals surface area contributed by atoms with Crippen LogP contribution in [0.1, 0.15) is 17.3 Å². The molecule has 0 amide bonds. The minimum absolute atomic E-state index is 0.00509. The Bertz CT molecular complexity index is 290. The topological polar surface area (TPSA) is 35.5 Å². The molecule has 14 heavy (non-hydrogen) atoms. The average molecular weight is 194 g/mol. The van der Waals surface area contributed by atoms with Gasteiger partial charge in [-0.3, -0.25) is 4.79 Å². The maximum absolute atomic E-state index is 11.4. The summed E-state index contributed by atoms with van der Waals surface area (Å²) in [6, 6.07) is 7.00. The Hall–Kier alpha value is -1.35. The zero-order valence-corrected chi connectivity index (χ0v) is 8.45. The summed E-state index contributed by atoms with van der Waals surface area (Å²) in [4.78, 5) is 11.4. The van der Waals surface area contributed by atoms with Gasteiger partial charge in [-0.25, -0.2) is 0 Å². The van der Waals surface area contributed by atoms with E-state index in [0.29, 0.717) is 12.2 Å². The van der Waals surface area contributed by atoms with Crippen LogP contribution >= 0.6 is 0 Å². The van der Waals surface area contributed by atoms with E-state index < -0.39 is 0 Å². The Labute approximate surface area is 83.6 Å². The van der Waals surface area contributed by atoms with Crippen molar-refractivity contribution in [1.29, 1.82) is 0 Å². The van der Waals surface area contributed by atoms with Crippen LogP contribution in [0.4, 0.5) is 0 Å². The molecule has 1 aromatic rings. The van der Waals surface area contributed by atoms with E-state index >= 15 is 0 Å². The number of benzene rings is 1. The number of hydrogen-bond donors (Lipinski definition) is 0. The molecule has 0 N–H and O–H groups in total. The molecule has 0 bridgehead atoms. The standard InChI is InChI=1S/C11H14O3/c1-3-14-8-11(12)9-4-6-10(13-2)7-5-9/h4-7H,3,8H2,1-2H3. The van der Waals surface area contributed by atoms with Crippen molar-refractivity contribution < 1.29 is 14.3 Å². The molecule has 3 nitrogen and oxygen atoms in total. The van der Waals surface area contributed by atoms with Crippen molar-refractivity contribution in [3.05, 3.63) is 29.8 Å². The van der Waals surface area contributed by atoms with Gasteiger partial charge in [-0.2, -0.15) is 0 Å². The molecule has 0 aromatic heterocycles. The van der Waals surface area contributed by atoms with Gasteiger partial charge in [0.25, 0.3) is 0 Å². The second-order valence-electron chi connectivity index (χ2n) is 2.79. The molecule has 0 saturated carbocycles. The van der Waals surface area contributed by atoms with Crippen molar-refractivity contribution in [1.82, 2.24) is 0 Å². The number of rotatable bonds is 5. The van der Waals surface area contributed by atoms with Crippen molar-refractivity contribution in [2.75, 3.05) is 20.3 Å². The molecule has 1 rings (SSSR count). The highest BCUT2D eigenvalue weighted by Crippen LogP contribution is 2.11. The smallest absolute Gasteiger partial charge is 0.188 e. The Kier molecular flexibility index (Phi) is 4.13. The number of ether oxygens (including phenoxy) is 2. The van der Waals surface area contributed by atoms with Crippen molar-refractivity contribution in [2.24, 2.45) is 0 Å². The number of carbonyl (C=O) groups is 1. The van der Waals surface area contributed by atoms with Crippen LogP contribution in [0.25, 0.3) is 0 Å². The second-order valence-corrected chi connectivity index (χ2v) is 2.79. The van der Waals surface area contributed by atoms with Gasteiger partial charge < -0.3 is 9.47 Å². The molecule has 76 valence electrons. The molecule has 0 atom stereocenters. The van der Waals surface area contributed by atoms with Crippen molar-refractivity contribution in [2.45, 2.75) is 6.92 Å². The van der Waals surface area contributed by atoms with Crippen LogP contribution < -0.4 is 4.74 Å². The van der Waals surface area contributed by atoms with Crippen LogP contribution in [-0.2, 0) is 4.74 Å². The van der Waals surface area contributed by atoms with Crippen LogP contribution in [0.15, 0.2) is 24.3 Å². The minimum atomic E-state index is -0.00509. The van der Waals surface area contributed by atoms with E-state index in [2.05, 4.69) is 0 Å². The third-order valence-corrected chi connectivity index (χ3v) is 1.85. The van der Waals surface area contributed by atoms with Gasteiger partial charge in [-0.05, 0) is 31.2 Å². The van der Waals surface area contributed by atoms with Gasteiger partial charge in [0, 0.05) is 12.2 Å². The third-order valence-electron chi connectivity index (χ3n) is 1.85. The lowest BCUT2D eigenvalue weighted by Crippen LogP contribution is -2.08. The van der Waals surface area contributed by atoms with E-state index in [-0.39, 0.29) is 12.4 Å². The van der Waals surface area contributed by atoms with Crippen molar-refractivity contribution >= 4 is 5.78 Å². The molecule has 0 unspecified atom stereocenters. The van der Waals surface area contributed by atoms with E-state index in [1.54, 1.807) is 31.4 Å². The van der Waals surface area contributed by atoms with Gasteiger partial charge in [-0.15, -0.1) is 0 Å². The van der Waals surface area contributed by atoms with Crippen molar-refractivity contribution in [3.63, 3.8) is 0 Å². The van der Waals surface area contributed by atoms with E-state index in [0.717, 1.165) is 5.75 Å². The summed E-state index contributed by atoms with van der Waals surface area (Å²) < 4.78 is 10.0. The van der Waals surface area contributed by atoms with Gasteiger partial charge in [-0.1, -0.05) is 0 Å². The minimum Gasteiger partial charge on any atom is -0.497 e. The maximum Gasteiger partial charge on any atom is 0.188 e. The molecule has 0 aliphatic heterocycles. The number of hydrogen-bond acceptors (Lipinski definition) is 3. The molecule has 0 spiro atoms. The summed E-state index contributed by atoms with van der Waals surface area (Å²) in [5.74, 6) is 0.743. The van der Waals surface area contributed by atoms with Crippen LogP contribution in [0.5, 0.6) is 5.75 Å². The third kappa shape index (κ3) is 2.85. The highest BCUT2D eigenvalue weighted by molar-refractivity contribution is 5.97. The normalized spacial score (nSPS) is 9.86. The Morgan fingerprint density at radius 3 is 2.43 bits per heavy atom. The number of methoxy groups -OCH3 is 1. The fourth-order valence-electron chi connectivity index (χ4n) is 1.06. The summed E-state index contributed by atoms with van der Waals surface area (Å²) in [6.45, 7) is 2.56. The van der Waals surface area contributed by atoms with Gasteiger partial charge in [0.15, 0.2) is 5.78 Å². The van der Waals surface area contributed by atoms with Crippen LogP contribution in [0.3, 0.4) is 0 Å². The number of carbonyl (C=O) groups excluding carboxylic acids is 1. The van der Waals surface area contributed by atoms with E-state index in [1.807, 2.05) is 6.92 Å². The van der Waals surface area contributed by atoms with E-state index in [9.17, 15) is 4.79 Å². The van der Waals surface area contributed by atoms with E-state index in [1.165, 1.54) is 0 Å². The van der Waals surface area contributed by atoms with Gasteiger partial charge in [0.1, 0.15) is 12.4 Å². The highest BCUT2D eigenvalue weighted by atomic mass is 16.5. The monoisotopic (exact) mass is 194 g/mol. The lowest BCUT2D eigenvalue weighted by atomic mass is 10.1. The number of ketones is 1. The van der Waals surface area contributed by atoms with Gasteiger partial charge >= 0.3 is 0 Å². The zero-order chi connectivity index (χ0) is 10.4. The summed E-state index contributed by atoms with van der Waals surface area (Å²) in [5, 5.41) is 0. The molecule has 0 aliphatic rings. The average Bonchev–Trinajstić information content (AvgIpc) is 2.26. The summed E-state index contributed by atoms with van der Waals surface area (Å²) in [5.41, 5.74) is 0.652. The summed E-state index contributed by atoms with van der Waals surface area (Å²) in [7, 11) is 1.59. The number of Topliss-reactive ketones (excluding diaryl/α,β-unsaturated/α-hetero) is 1. The fraction of sp³-hybridized carbons (Fsp3) is 0.364. The molecule has 0 radical (unpaired) electrons. The predicted molar refractivity (Wildman–Crippen MR) is 53.8 cm³/mol. The lowest BCUT2D eigenvalue weighted by molar-refractivity contribution is 0.0783. The first-order chi connectivity index (χ1) is 6.77.